The maximum atomic E-state index is 5.05. The molecule has 0 spiro atoms. The van der Waals surface area contributed by atoms with Crippen molar-refractivity contribution in [2.45, 2.75) is 26.7 Å². The number of ether oxygens (including phenoxy) is 1. The van der Waals surface area contributed by atoms with E-state index in [0.29, 0.717) is 5.88 Å². The van der Waals surface area contributed by atoms with Crippen LogP contribution < -0.4 is 4.74 Å². The van der Waals surface area contributed by atoms with Gasteiger partial charge in [0.2, 0.25) is 5.88 Å². The van der Waals surface area contributed by atoms with Crippen molar-refractivity contribution < 1.29 is 4.74 Å². The number of hydrogen-bond acceptors (Lipinski definition) is 4. The Kier molecular flexibility index (Phi) is 3.87. The topological polar surface area (TPSA) is 47.9 Å². The van der Waals surface area contributed by atoms with Gasteiger partial charge in [-0.15, -0.1) is 0 Å². The Morgan fingerprint density at radius 3 is 2.67 bits per heavy atom. The van der Waals surface area contributed by atoms with E-state index in [0.717, 1.165) is 35.6 Å². The van der Waals surface area contributed by atoms with Gasteiger partial charge in [-0.1, -0.05) is 6.92 Å². The summed E-state index contributed by atoms with van der Waals surface area (Å²) < 4.78 is 5.05. The molecule has 2 aromatic rings. The predicted octanol–water partition coefficient (Wildman–Crippen LogP) is 2.81. The van der Waals surface area contributed by atoms with E-state index in [1.165, 1.54) is 0 Å². The molecule has 2 rings (SSSR count). The Labute approximate surface area is 107 Å². The van der Waals surface area contributed by atoms with Crippen molar-refractivity contribution in [3.05, 3.63) is 35.9 Å². The van der Waals surface area contributed by atoms with Crippen LogP contribution in [-0.2, 0) is 6.42 Å². The first kappa shape index (κ1) is 12.5. The van der Waals surface area contributed by atoms with Gasteiger partial charge in [0, 0.05) is 29.9 Å². The summed E-state index contributed by atoms with van der Waals surface area (Å²) in [7, 11) is 1.61. The fourth-order valence-electron chi connectivity index (χ4n) is 1.77. The highest BCUT2D eigenvalue weighted by Gasteiger charge is 2.05. The quantitative estimate of drug-likeness (QED) is 0.828. The second-order valence-corrected chi connectivity index (χ2v) is 4.15. The van der Waals surface area contributed by atoms with Gasteiger partial charge < -0.3 is 4.74 Å². The Morgan fingerprint density at radius 2 is 2.06 bits per heavy atom. The molecule has 0 atom stereocenters. The largest absolute Gasteiger partial charge is 0.481 e. The SMILES string of the molecule is CCCc1nc(C)cc(-c2ccc(OC)nc2)n1. The van der Waals surface area contributed by atoms with Gasteiger partial charge in [-0.2, -0.15) is 0 Å². The first-order valence-electron chi connectivity index (χ1n) is 6.08. The zero-order valence-corrected chi connectivity index (χ0v) is 11.0. The van der Waals surface area contributed by atoms with Gasteiger partial charge in [0.05, 0.1) is 12.8 Å². The molecule has 94 valence electrons. The number of aromatic nitrogens is 3. The van der Waals surface area contributed by atoms with Crippen LogP contribution in [0.15, 0.2) is 24.4 Å². The summed E-state index contributed by atoms with van der Waals surface area (Å²) in [6.45, 7) is 4.11. The molecule has 0 bridgehead atoms. The monoisotopic (exact) mass is 243 g/mol. The summed E-state index contributed by atoms with van der Waals surface area (Å²) >= 11 is 0. The number of pyridine rings is 1. The Hall–Kier alpha value is -1.97. The summed E-state index contributed by atoms with van der Waals surface area (Å²) in [5.74, 6) is 1.50. The molecule has 2 heterocycles. The van der Waals surface area contributed by atoms with Gasteiger partial charge in [-0.25, -0.2) is 15.0 Å². The second-order valence-electron chi connectivity index (χ2n) is 4.15. The molecule has 4 heteroatoms. The molecule has 0 fully saturated rings. The average Bonchev–Trinajstić information content (AvgIpc) is 2.38. The number of aryl methyl sites for hydroxylation is 2. The molecule has 0 unspecified atom stereocenters. The Bertz CT molecular complexity index is 523. The van der Waals surface area contributed by atoms with Crippen molar-refractivity contribution in [3.63, 3.8) is 0 Å². The lowest BCUT2D eigenvalue weighted by atomic mass is 10.2. The third-order valence-electron chi connectivity index (χ3n) is 2.62. The van der Waals surface area contributed by atoms with E-state index in [-0.39, 0.29) is 0 Å². The first-order chi connectivity index (χ1) is 8.72. The normalized spacial score (nSPS) is 10.4. The van der Waals surface area contributed by atoms with Crippen molar-refractivity contribution in [2.24, 2.45) is 0 Å². The zero-order chi connectivity index (χ0) is 13.0. The lowest BCUT2D eigenvalue weighted by Crippen LogP contribution is -1.99. The minimum atomic E-state index is 0.610. The molecule has 0 aliphatic rings. The highest BCUT2D eigenvalue weighted by Crippen LogP contribution is 2.19. The van der Waals surface area contributed by atoms with Gasteiger partial charge in [0.25, 0.3) is 0 Å². The third-order valence-corrected chi connectivity index (χ3v) is 2.62. The van der Waals surface area contributed by atoms with Crippen LogP contribution >= 0.6 is 0 Å². The predicted molar refractivity (Wildman–Crippen MR) is 70.5 cm³/mol. The van der Waals surface area contributed by atoms with Crippen LogP contribution in [0, 0.1) is 6.92 Å². The highest BCUT2D eigenvalue weighted by molar-refractivity contribution is 5.58. The number of hydrogen-bond donors (Lipinski definition) is 0. The summed E-state index contributed by atoms with van der Waals surface area (Å²) in [5, 5.41) is 0. The minimum Gasteiger partial charge on any atom is -0.481 e. The second kappa shape index (κ2) is 5.58. The molecule has 2 aromatic heterocycles. The van der Waals surface area contributed by atoms with Gasteiger partial charge in [0.1, 0.15) is 5.82 Å². The first-order valence-corrected chi connectivity index (χ1v) is 6.08. The highest BCUT2D eigenvalue weighted by atomic mass is 16.5. The van der Waals surface area contributed by atoms with Crippen LogP contribution in [0.1, 0.15) is 24.9 Å². The molecule has 4 nitrogen and oxygen atoms in total. The molecule has 0 N–H and O–H groups in total. The molecular formula is C14H17N3O. The van der Waals surface area contributed by atoms with Crippen molar-refractivity contribution in [1.29, 1.82) is 0 Å². The molecule has 0 aliphatic carbocycles. The molecule has 0 amide bonds. The molecule has 18 heavy (non-hydrogen) atoms. The van der Waals surface area contributed by atoms with Crippen molar-refractivity contribution in [3.8, 4) is 17.1 Å². The summed E-state index contributed by atoms with van der Waals surface area (Å²) in [5.41, 5.74) is 2.89. The van der Waals surface area contributed by atoms with Gasteiger partial charge >= 0.3 is 0 Å². The average molecular weight is 243 g/mol. The summed E-state index contributed by atoms with van der Waals surface area (Å²) in [6.07, 6.45) is 3.72. The summed E-state index contributed by atoms with van der Waals surface area (Å²) in [4.78, 5) is 13.2. The standard InChI is InChI=1S/C14H17N3O/c1-4-5-13-16-10(2)8-12(17-13)11-6-7-14(18-3)15-9-11/h6-9H,4-5H2,1-3H3. The molecular weight excluding hydrogens is 226 g/mol. The molecule has 0 aliphatic heterocycles. The van der Waals surface area contributed by atoms with Crippen LogP contribution in [0.25, 0.3) is 11.3 Å². The van der Waals surface area contributed by atoms with E-state index in [9.17, 15) is 0 Å². The fraction of sp³-hybridized carbons (Fsp3) is 0.357. The third kappa shape index (κ3) is 2.83. The van der Waals surface area contributed by atoms with Crippen molar-refractivity contribution >= 4 is 0 Å². The van der Waals surface area contributed by atoms with Crippen molar-refractivity contribution in [1.82, 2.24) is 15.0 Å². The van der Waals surface area contributed by atoms with Crippen molar-refractivity contribution in [2.75, 3.05) is 7.11 Å². The van der Waals surface area contributed by atoms with Crippen LogP contribution in [-0.4, -0.2) is 22.1 Å². The molecule has 0 saturated heterocycles. The van der Waals surface area contributed by atoms with Gasteiger partial charge in [0.15, 0.2) is 0 Å². The van der Waals surface area contributed by atoms with Gasteiger partial charge in [-0.05, 0) is 25.5 Å². The molecule has 0 radical (unpaired) electrons. The molecule has 0 aromatic carbocycles. The maximum absolute atomic E-state index is 5.05. The number of methoxy groups -OCH3 is 1. The lowest BCUT2D eigenvalue weighted by molar-refractivity contribution is 0.398. The molecule has 0 saturated carbocycles. The van der Waals surface area contributed by atoms with E-state index in [2.05, 4.69) is 21.9 Å². The van der Waals surface area contributed by atoms with E-state index >= 15 is 0 Å². The maximum Gasteiger partial charge on any atom is 0.212 e. The smallest absolute Gasteiger partial charge is 0.212 e. The van der Waals surface area contributed by atoms with E-state index in [1.807, 2.05) is 25.1 Å². The van der Waals surface area contributed by atoms with Crippen LogP contribution in [0.4, 0.5) is 0 Å². The van der Waals surface area contributed by atoms with E-state index in [1.54, 1.807) is 13.3 Å². The lowest BCUT2D eigenvalue weighted by Gasteiger charge is -2.06. The van der Waals surface area contributed by atoms with E-state index < -0.39 is 0 Å². The van der Waals surface area contributed by atoms with E-state index in [4.69, 9.17) is 4.74 Å². The van der Waals surface area contributed by atoms with Crippen LogP contribution in [0.2, 0.25) is 0 Å². The Balaban J connectivity index is 2.36. The number of rotatable bonds is 4. The Morgan fingerprint density at radius 1 is 1.22 bits per heavy atom. The van der Waals surface area contributed by atoms with Gasteiger partial charge in [-0.3, -0.25) is 0 Å². The zero-order valence-electron chi connectivity index (χ0n) is 11.0. The minimum absolute atomic E-state index is 0.610. The number of nitrogens with zero attached hydrogens (tertiary/aromatic N) is 3. The summed E-state index contributed by atoms with van der Waals surface area (Å²) in [6, 6.07) is 5.78. The van der Waals surface area contributed by atoms with Crippen LogP contribution in [0.3, 0.4) is 0 Å². The van der Waals surface area contributed by atoms with Crippen LogP contribution in [0.5, 0.6) is 5.88 Å². The fourth-order valence-corrected chi connectivity index (χ4v) is 1.77.